The van der Waals surface area contributed by atoms with E-state index < -0.39 is 50.0 Å². The van der Waals surface area contributed by atoms with Gasteiger partial charge in [-0.15, -0.1) is 0 Å². The summed E-state index contributed by atoms with van der Waals surface area (Å²) >= 11 is 0. The number of rotatable bonds is 6. The van der Waals surface area contributed by atoms with Crippen molar-refractivity contribution in [1.29, 1.82) is 0 Å². The molecule has 0 spiro atoms. The lowest BCUT2D eigenvalue weighted by atomic mass is 10.2. The molecule has 0 saturated heterocycles. The number of hydrogen-bond acceptors (Lipinski definition) is 3. The summed E-state index contributed by atoms with van der Waals surface area (Å²) in [6.07, 6.45) is -17.3. The van der Waals surface area contributed by atoms with E-state index in [0.29, 0.717) is 0 Å². The highest BCUT2D eigenvalue weighted by Crippen LogP contribution is 2.35. The number of halogens is 10. The number of ether oxygens (including phenoxy) is 2. The van der Waals surface area contributed by atoms with E-state index in [1.165, 1.54) is 0 Å². The van der Waals surface area contributed by atoms with E-state index in [2.05, 4.69) is 9.47 Å². The molecule has 0 aromatic rings. The Hall–Kier alpha value is -1.43. The second kappa shape index (κ2) is 6.56. The molecule has 0 aliphatic carbocycles. The molecule has 0 heterocycles. The highest BCUT2D eigenvalue weighted by atomic mass is 19.4. The molecule has 0 aromatic carbocycles. The van der Waals surface area contributed by atoms with Crippen LogP contribution in [0, 0.1) is 0 Å². The maximum absolute atomic E-state index is 12.6. The second-order valence-corrected chi connectivity index (χ2v) is 3.55. The van der Waals surface area contributed by atoms with Crippen molar-refractivity contribution in [3.8, 4) is 0 Å². The summed E-state index contributed by atoms with van der Waals surface area (Å²) in [6.45, 7) is -4.74. The standard InChI is InChI=1S/C8H6F10O3/c9-3(8(16,17)18)6(12,13)1-20-5(19)21-2-7(14,15)4(10)11/h3-4H,1-2H2/t3-/m1/s1. The average molecular weight is 340 g/mol. The fourth-order valence-corrected chi connectivity index (χ4v) is 0.728. The molecule has 0 amide bonds. The zero-order valence-electron chi connectivity index (χ0n) is 9.57. The van der Waals surface area contributed by atoms with Gasteiger partial charge in [0.25, 0.3) is 6.17 Å². The van der Waals surface area contributed by atoms with Gasteiger partial charge in [-0.3, -0.25) is 0 Å². The zero-order valence-corrected chi connectivity index (χ0v) is 9.57. The van der Waals surface area contributed by atoms with Crippen LogP contribution in [0.3, 0.4) is 0 Å². The van der Waals surface area contributed by atoms with Gasteiger partial charge in [0.2, 0.25) is 0 Å². The molecule has 0 radical (unpaired) electrons. The molecular weight excluding hydrogens is 334 g/mol. The quantitative estimate of drug-likeness (QED) is 0.548. The zero-order chi connectivity index (χ0) is 17.1. The van der Waals surface area contributed by atoms with Crippen LogP contribution in [-0.2, 0) is 9.47 Å². The SMILES string of the molecule is O=C(OCC(F)(F)C(F)F)OCC(F)(F)[C@@H](F)C(F)(F)F. The van der Waals surface area contributed by atoms with Crippen LogP contribution in [0.1, 0.15) is 0 Å². The van der Waals surface area contributed by atoms with Gasteiger partial charge in [-0.1, -0.05) is 0 Å². The summed E-state index contributed by atoms with van der Waals surface area (Å²) in [6, 6.07) is 0. The first-order valence-electron chi connectivity index (χ1n) is 4.74. The molecule has 0 aliphatic rings. The van der Waals surface area contributed by atoms with Crippen LogP contribution in [0.4, 0.5) is 48.7 Å². The topological polar surface area (TPSA) is 35.5 Å². The van der Waals surface area contributed by atoms with Gasteiger partial charge >= 0.3 is 30.6 Å². The Morgan fingerprint density at radius 1 is 0.810 bits per heavy atom. The molecule has 21 heavy (non-hydrogen) atoms. The van der Waals surface area contributed by atoms with Crippen molar-refractivity contribution in [2.45, 2.75) is 30.6 Å². The minimum atomic E-state index is -5.96. The molecular formula is C8H6F10O3. The minimum absolute atomic E-state index is 2.26. The number of hydrogen-bond donors (Lipinski definition) is 0. The van der Waals surface area contributed by atoms with Gasteiger partial charge in [0.15, 0.2) is 13.2 Å². The summed E-state index contributed by atoms with van der Waals surface area (Å²) in [4.78, 5) is 10.5. The summed E-state index contributed by atoms with van der Waals surface area (Å²) in [5, 5.41) is 0. The third kappa shape index (κ3) is 6.25. The van der Waals surface area contributed by atoms with Crippen LogP contribution >= 0.6 is 0 Å². The summed E-state index contributed by atoms with van der Waals surface area (Å²) in [5.74, 6) is -10.0. The van der Waals surface area contributed by atoms with E-state index in [9.17, 15) is 48.7 Å². The fraction of sp³-hybridized carbons (Fsp3) is 0.875. The molecule has 0 unspecified atom stereocenters. The molecule has 0 rings (SSSR count). The predicted octanol–water partition coefficient (Wildman–Crippen LogP) is 3.58. The first-order valence-corrected chi connectivity index (χ1v) is 4.74. The van der Waals surface area contributed by atoms with Crippen molar-refractivity contribution in [3.63, 3.8) is 0 Å². The molecule has 126 valence electrons. The fourth-order valence-electron chi connectivity index (χ4n) is 0.728. The van der Waals surface area contributed by atoms with E-state index in [-0.39, 0.29) is 0 Å². The molecule has 13 heteroatoms. The van der Waals surface area contributed by atoms with Crippen molar-refractivity contribution in [2.24, 2.45) is 0 Å². The maximum atomic E-state index is 12.6. The Labute approximate surface area is 109 Å². The Bertz CT molecular complexity index is 353. The molecule has 0 aromatic heterocycles. The normalized spacial score (nSPS) is 15.0. The van der Waals surface area contributed by atoms with Crippen LogP contribution in [0.15, 0.2) is 0 Å². The molecule has 0 N–H and O–H groups in total. The average Bonchev–Trinajstić information content (AvgIpc) is 2.31. The summed E-state index contributed by atoms with van der Waals surface area (Å²) < 4.78 is 127. The van der Waals surface area contributed by atoms with Gasteiger partial charge in [-0.05, 0) is 0 Å². The van der Waals surface area contributed by atoms with Crippen molar-refractivity contribution < 1.29 is 58.2 Å². The highest BCUT2D eigenvalue weighted by molar-refractivity contribution is 5.59. The second-order valence-electron chi connectivity index (χ2n) is 3.55. The van der Waals surface area contributed by atoms with Gasteiger partial charge in [0.05, 0.1) is 0 Å². The largest absolute Gasteiger partial charge is 0.508 e. The maximum Gasteiger partial charge on any atom is 0.508 e. The Balaban J connectivity index is 4.37. The smallest absolute Gasteiger partial charge is 0.428 e. The van der Waals surface area contributed by atoms with E-state index in [0.717, 1.165) is 0 Å². The van der Waals surface area contributed by atoms with Gasteiger partial charge < -0.3 is 9.47 Å². The van der Waals surface area contributed by atoms with Gasteiger partial charge in [0.1, 0.15) is 0 Å². The number of carbonyl (C=O) groups is 1. The highest BCUT2D eigenvalue weighted by Gasteiger charge is 2.57. The predicted molar refractivity (Wildman–Crippen MR) is 44.1 cm³/mol. The van der Waals surface area contributed by atoms with E-state index in [1.54, 1.807) is 0 Å². The van der Waals surface area contributed by atoms with Gasteiger partial charge in [-0.2, -0.15) is 30.7 Å². The summed E-state index contributed by atoms with van der Waals surface area (Å²) in [7, 11) is 0. The van der Waals surface area contributed by atoms with Crippen LogP contribution in [0.5, 0.6) is 0 Å². The lowest BCUT2D eigenvalue weighted by Gasteiger charge is -2.22. The molecule has 0 saturated carbocycles. The number of carbonyl (C=O) groups excluding carboxylic acids is 1. The van der Waals surface area contributed by atoms with Crippen molar-refractivity contribution in [2.75, 3.05) is 13.2 Å². The van der Waals surface area contributed by atoms with E-state index in [1.807, 2.05) is 0 Å². The van der Waals surface area contributed by atoms with E-state index in [4.69, 9.17) is 0 Å². The Kier molecular flexibility index (Phi) is 6.11. The van der Waals surface area contributed by atoms with Crippen molar-refractivity contribution >= 4 is 6.16 Å². The lowest BCUT2D eigenvalue weighted by molar-refractivity contribution is -0.253. The van der Waals surface area contributed by atoms with Gasteiger partial charge in [-0.25, -0.2) is 18.0 Å². The summed E-state index contributed by atoms with van der Waals surface area (Å²) in [5.41, 5.74) is 0. The molecule has 1 atom stereocenters. The van der Waals surface area contributed by atoms with Crippen molar-refractivity contribution in [3.05, 3.63) is 0 Å². The molecule has 3 nitrogen and oxygen atoms in total. The third-order valence-electron chi connectivity index (χ3n) is 1.74. The first-order chi connectivity index (χ1) is 9.20. The van der Waals surface area contributed by atoms with Crippen LogP contribution in [0.25, 0.3) is 0 Å². The van der Waals surface area contributed by atoms with E-state index >= 15 is 0 Å². The first kappa shape index (κ1) is 19.6. The minimum Gasteiger partial charge on any atom is -0.428 e. The van der Waals surface area contributed by atoms with Crippen LogP contribution in [0.2, 0.25) is 0 Å². The molecule has 0 fully saturated rings. The lowest BCUT2D eigenvalue weighted by Crippen LogP contribution is -2.45. The van der Waals surface area contributed by atoms with Crippen LogP contribution in [-0.4, -0.2) is 50.0 Å². The Morgan fingerprint density at radius 2 is 1.19 bits per heavy atom. The molecule has 0 bridgehead atoms. The number of alkyl halides is 10. The monoisotopic (exact) mass is 340 g/mol. The third-order valence-corrected chi connectivity index (χ3v) is 1.74. The van der Waals surface area contributed by atoms with Crippen molar-refractivity contribution in [1.82, 2.24) is 0 Å². The van der Waals surface area contributed by atoms with Gasteiger partial charge in [0, 0.05) is 0 Å². The molecule has 0 aliphatic heterocycles. The van der Waals surface area contributed by atoms with Crippen LogP contribution < -0.4 is 0 Å². The Morgan fingerprint density at radius 3 is 1.52 bits per heavy atom.